The second-order valence-corrected chi connectivity index (χ2v) is 8.59. The molecule has 1 fully saturated rings. The van der Waals surface area contributed by atoms with Crippen LogP contribution in [0.5, 0.6) is 0 Å². The van der Waals surface area contributed by atoms with Crippen molar-refractivity contribution in [3.8, 4) is 0 Å². The van der Waals surface area contributed by atoms with E-state index < -0.39 is 23.6 Å². The minimum atomic E-state index is -4.53. The zero-order chi connectivity index (χ0) is 23.5. The van der Waals surface area contributed by atoms with Crippen molar-refractivity contribution in [1.82, 2.24) is 4.98 Å². The Bertz CT molecular complexity index is 953. The minimum absolute atomic E-state index is 0.0768. The van der Waals surface area contributed by atoms with E-state index in [0.29, 0.717) is 41.5 Å². The van der Waals surface area contributed by atoms with Gasteiger partial charge in [0, 0.05) is 37.5 Å². The molecule has 0 spiro atoms. The molecule has 1 unspecified atom stereocenters. The number of piperidine rings is 1. The van der Waals surface area contributed by atoms with Crippen molar-refractivity contribution in [3.05, 3.63) is 58.5 Å². The molecule has 32 heavy (non-hydrogen) atoms. The maximum atomic E-state index is 14.0. The van der Waals surface area contributed by atoms with Gasteiger partial charge in [0.05, 0.1) is 0 Å². The lowest BCUT2D eigenvalue weighted by atomic mass is 9.92. The molecule has 1 aromatic heterocycles. The minimum Gasteiger partial charge on any atom is -0.356 e. The Morgan fingerprint density at radius 3 is 2.44 bits per heavy atom. The molecule has 8 heteroatoms. The predicted octanol–water partition coefficient (Wildman–Crippen LogP) is 5.24. The Morgan fingerprint density at radius 1 is 1.19 bits per heavy atom. The summed E-state index contributed by atoms with van der Waals surface area (Å²) in [6, 6.07) is 6.99. The Hall–Kier alpha value is -2.48. The van der Waals surface area contributed by atoms with Crippen molar-refractivity contribution in [3.63, 3.8) is 0 Å². The van der Waals surface area contributed by atoms with Gasteiger partial charge in [-0.25, -0.2) is 9.37 Å². The third-order valence-electron chi connectivity index (χ3n) is 6.25. The molecular weight excluding hydrogens is 422 g/mol. The van der Waals surface area contributed by atoms with Crippen LogP contribution in [0.2, 0.25) is 0 Å². The van der Waals surface area contributed by atoms with E-state index in [9.17, 15) is 22.4 Å². The number of Topliss-reactive ketones (excluding diaryl/α,β-unsaturated/α-hetero) is 1. The lowest BCUT2D eigenvalue weighted by Gasteiger charge is -2.33. The molecule has 0 aliphatic carbocycles. The summed E-state index contributed by atoms with van der Waals surface area (Å²) in [6.07, 6.45) is -2.35. The lowest BCUT2D eigenvalue weighted by molar-refractivity contribution is -0.141. The average molecular weight is 452 g/mol. The lowest BCUT2D eigenvalue weighted by Crippen LogP contribution is -2.34. The summed E-state index contributed by atoms with van der Waals surface area (Å²) in [5.74, 6) is -0.251. The molecule has 174 valence electrons. The monoisotopic (exact) mass is 451 g/mol. The quantitative estimate of drug-likeness (QED) is 0.585. The molecular formula is C24H29F4N3O. The van der Waals surface area contributed by atoms with E-state index in [4.69, 9.17) is 5.73 Å². The Balaban J connectivity index is 1.77. The van der Waals surface area contributed by atoms with Crippen molar-refractivity contribution >= 4 is 11.6 Å². The molecule has 0 bridgehead atoms. The molecule has 1 saturated heterocycles. The summed E-state index contributed by atoms with van der Waals surface area (Å²) in [5.41, 5.74) is 6.11. The molecule has 2 heterocycles. The van der Waals surface area contributed by atoms with Crippen molar-refractivity contribution in [2.75, 3.05) is 18.0 Å². The first-order valence-corrected chi connectivity index (χ1v) is 10.9. The fourth-order valence-corrected chi connectivity index (χ4v) is 3.98. The summed E-state index contributed by atoms with van der Waals surface area (Å²) in [5, 5.41) is 0. The molecule has 1 aliphatic heterocycles. The van der Waals surface area contributed by atoms with Crippen LogP contribution in [0, 0.1) is 11.7 Å². The van der Waals surface area contributed by atoms with Gasteiger partial charge in [-0.05, 0) is 48.4 Å². The molecule has 2 N–H and O–H groups in total. The zero-order valence-electron chi connectivity index (χ0n) is 18.4. The van der Waals surface area contributed by atoms with Crippen LogP contribution in [0.4, 0.5) is 23.4 Å². The van der Waals surface area contributed by atoms with Crippen molar-refractivity contribution in [2.45, 2.75) is 58.2 Å². The number of aromatic nitrogens is 1. The fraction of sp³-hybridized carbons (Fsp3) is 0.500. The van der Waals surface area contributed by atoms with E-state index >= 15 is 0 Å². The number of anilines is 1. The number of pyridine rings is 1. The van der Waals surface area contributed by atoms with Crippen molar-refractivity contribution in [1.29, 1.82) is 0 Å². The summed E-state index contributed by atoms with van der Waals surface area (Å²) in [7, 11) is 0. The van der Waals surface area contributed by atoms with Crippen LogP contribution in [-0.2, 0) is 23.9 Å². The van der Waals surface area contributed by atoms with Crippen LogP contribution in [0.1, 0.15) is 61.4 Å². The van der Waals surface area contributed by atoms with Gasteiger partial charge in [0.15, 0.2) is 0 Å². The zero-order valence-corrected chi connectivity index (χ0v) is 18.4. The van der Waals surface area contributed by atoms with Crippen molar-refractivity contribution in [2.24, 2.45) is 11.7 Å². The Morgan fingerprint density at radius 2 is 1.84 bits per heavy atom. The number of hydrogen-bond donors (Lipinski definition) is 1. The van der Waals surface area contributed by atoms with Gasteiger partial charge in [-0.2, -0.15) is 13.2 Å². The first-order chi connectivity index (χ1) is 15.1. The standard InChI is InChI=1S/C24H29F4N3O/c1-15-9-11-31(12-10-15)23-17(6-8-22(30-23)24(26,27)28)5-7-21(32)16(2)18-3-4-19(14-29)20(25)13-18/h3-4,6,8,13,15-16H,5,7,9-12,14,29H2,1-2H3. The second-order valence-electron chi connectivity index (χ2n) is 8.59. The van der Waals surface area contributed by atoms with Gasteiger partial charge < -0.3 is 10.6 Å². The van der Waals surface area contributed by atoms with Gasteiger partial charge in [-0.3, -0.25) is 4.79 Å². The van der Waals surface area contributed by atoms with E-state index in [0.717, 1.165) is 18.9 Å². The number of benzene rings is 1. The highest BCUT2D eigenvalue weighted by Crippen LogP contribution is 2.33. The second kappa shape index (κ2) is 9.98. The van der Waals surface area contributed by atoms with Gasteiger partial charge in [-0.15, -0.1) is 0 Å². The Kier molecular flexibility index (Phi) is 7.54. The first kappa shape index (κ1) is 24.2. The summed E-state index contributed by atoms with van der Waals surface area (Å²) >= 11 is 0. The molecule has 0 saturated carbocycles. The number of nitrogens with two attached hydrogens (primary N) is 1. The number of aryl methyl sites for hydroxylation is 1. The van der Waals surface area contributed by atoms with E-state index in [1.165, 1.54) is 12.1 Å². The third kappa shape index (κ3) is 5.65. The van der Waals surface area contributed by atoms with Crippen LogP contribution >= 0.6 is 0 Å². The summed E-state index contributed by atoms with van der Waals surface area (Å²) in [6.45, 7) is 5.19. The third-order valence-corrected chi connectivity index (χ3v) is 6.25. The highest BCUT2D eigenvalue weighted by atomic mass is 19.4. The van der Waals surface area contributed by atoms with Crippen LogP contribution in [0.3, 0.4) is 0 Å². The smallest absolute Gasteiger partial charge is 0.356 e. The summed E-state index contributed by atoms with van der Waals surface area (Å²) in [4.78, 5) is 18.6. The van der Waals surface area contributed by atoms with E-state index in [2.05, 4.69) is 11.9 Å². The maximum Gasteiger partial charge on any atom is 0.433 e. The van der Waals surface area contributed by atoms with E-state index in [1.807, 2.05) is 4.90 Å². The molecule has 3 rings (SSSR count). The largest absolute Gasteiger partial charge is 0.433 e. The molecule has 1 aromatic carbocycles. The van der Waals surface area contributed by atoms with Gasteiger partial charge >= 0.3 is 6.18 Å². The van der Waals surface area contributed by atoms with Gasteiger partial charge in [0.25, 0.3) is 0 Å². The highest BCUT2D eigenvalue weighted by molar-refractivity contribution is 5.85. The molecule has 1 atom stereocenters. The SMILES string of the molecule is CC1CCN(c2nc(C(F)(F)F)ccc2CCC(=O)C(C)c2ccc(CN)c(F)c2)CC1. The van der Waals surface area contributed by atoms with Crippen molar-refractivity contribution < 1.29 is 22.4 Å². The van der Waals surface area contributed by atoms with E-state index in [1.54, 1.807) is 19.1 Å². The average Bonchev–Trinajstić information content (AvgIpc) is 2.76. The van der Waals surface area contributed by atoms with Crippen LogP contribution in [-0.4, -0.2) is 23.9 Å². The van der Waals surface area contributed by atoms with Crippen LogP contribution in [0.15, 0.2) is 30.3 Å². The fourth-order valence-electron chi connectivity index (χ4n) is 3.98. The number of halogens is 4. The van der Waals surface area contributed by atoms with Crippen LogP contribution in [0.25, 0.3) is 0 Å². The number of carbonyl (C=O) groups excluding carboxylic acids is 1. The molecule has 2 aromatic rings. The normalized spacial score (nSPS) is 16.3. The molecule has 4 nitrogen and oxygen atoms in total. The Labute approximate surface area is 185 Å². The number of carbonyl (C=O) groups is 1. The molecule has 0 radical (unpaired) electrons. The summed E-state index contributed by atoms with van der Waals surface area (Å²) < 4.78 is 53.8. The maximum absolute atomic E-state index is 14.0. The molecule has 1 aliphatic rings. The number of nitrogens with zero attached hydrogens (tertiary/aromatic N) is 2. The molecule has 0 amide bonds. The van der Waals surface area contributed by atoms with Crippen LogP contribution < -0.4 is 10.6 Å². The van der Waals surface area contributed by atoms with Gasteiger partial charge in [-0.1, -0.05) is 32.0 Å². The predicted molar refractivity (Wildman–Crippen MR) is 116 cm³/mol. The number of rotatable bonds is 7. The topological polar surface area (TPSA) is 59.2 Å². The highest BCUT2D eigenvalue weighted by Gasteiger charge is 2.34. The first-order valence-electron chi connectivity index (χ1n) is 10.9. The van der Waals surface area contributed by atoms with E-state index in [-0.39, 0.29) is 25.2 Å². The van der Waals surface area contributed by atoms with Gasteiger partial charge in [0.1, 0.15) is 23.1 Å². The number of alkyl halides is 3. The van der Waals surface area contributed by atoms with Gasteiger partial charge in [0.2, 0.25) is 0 Å². The number of ketones is 1. The number of hydrogen-bond acceptors (Lipinski definition) is 4.